The zero-order valence-electron chi connectivity index (χ0n) is 15.6. The predicted octanol–water partition coefficient (Wildman–Crippen LogP) is 3.45. The molecule has 1 atom stereocenters. The number of para-hydroxylation sites is 1. The number of benzene rings is 3. The average molecular weight is 400 g/mol. The molecule has 0 aromatic heterocycles. The molecule has 0 saturated carbocycles. The Morgan fingerprint density at radius 2 is 1.68 bits per heavy atom. The Morgan fingerprint density at radius 3 is 2.36 bits per heavy atom. The first kappa shape index (κ1) is 19.8. The van der Waals surface area contributed by atoms with Crippen LogP contribution in [0.4, 0.5) is 10.1 Å². The normalized spacial score (nSPS) is 12.5. The Bertz CT molecular complexity index is 1120. The van der Waals surface area contributed by atoms with Crippen LogP contribution in [0.5, 0.6) is 0 Å². The molecule has 0 aliphatic rings. The highest BCUT2D eigenvalue weighted by Crippen LogP contribution is 2.24. The average Bonchev–Trinajstić information content (AvgIpc) is 2.66. The van der Waals surface area contributed by atoms with Gasteiger partial charge in [0.25, 0.3) is 0 Å². The van der Waals surface area contributed by atoms with Gasteiger partial charge in [0, 0.05) is 6.54 Å². The van der Waals surface area contributed by atoms with Crippen molar-refractivity contribution in [3.8, 4) is 0 Å². The molecule has 5 nitrogen and oxygen atoms in total. The molecular weight excluding hydrogens is 379 g/mol. The van der Waals surface area contributed by atoms with Crippen molar-refractivity contribution in [1.82, 2.24) is 5.32 Å². The van der Waals surface area contributed by atoms with Gasteiger partial charge in [0.05, 0.1) is 11.9 Å². The van der Waals surface area contributed by atoms with Crippen molar-refractivity contribution >= 4 is 32.4 Å². The third-order valence-corrected chi connectivity index (χ3v) is 5.69. The van der Waals surface area contributed by atoms with Crippen molar-refractivity contribution < 1.29 is 17.6 Å². The molecule has 7 heteroatoms. The van der Waals surface area contributed by atoms with E-state index in [9.17, 15) is 17.6 Å². The summed E-state index contributed by atoms with van der Waals surface area (Å²) in [5, 5.41) is 4.88. The summed E-state index contributed by atoms with van der Waals surface area (Å²) in [6, 6.07) is 18.1. The number of rotatable bonds is 6. The van der Waals surface area contributed by atoms with Crippen LogP contribution in [0.25, 0.3) is 10.8 Å². The zero-order valence-corrected chi connectivity index (χ0v) is 16.4. The third-order valence-electron chi connectivity index (χ3n) is 4.46. The third kappa shape index (κ3) is 4.31. The van der Waals surface area contributed by atoms with Crippen LogP contribution in [0.2, 0.25) is 0 Å². The number of sulfonamides is 1. The molecule has 3 aromatic rings. The number of fused-ring (bicyclic) bond motifs is 1. The topological polar surface area (TPSA) is 66.5 Å². The summed E-state index contributed by atoms with van der Waals surface area (Å²) >= 11 is 0. The van der Waals surface area contributed by atoms with Gasteiger partial charge in [0.15, 0.2) is 0 Å². The predicted molar refractivity (Wildman–Crippen MR) is 109 cm³/mol. The van der Waals surface area contributed by atoms with E-state index in [2.05, 4.69) is 5.32 Å². The Balaban J connectivity index is 1.78. The fraction of sp³-hybridized carbons (Fsp3) is 0.190. The highest BCUT2D eigenvalue weighted by molar-refractivity contribution is 7.92. The van der Waals surface area contributed by atoms with E-state index >= 15 is 0 Å². The minimum absolute atomic E-state index is 0.154. The smallest absolute Gasteiger partial charge is 0.243 e. The number of carbonyl (C=O) groups is 1. The lowest BCUT2D eigenvalue weighted by Gasteiger charge is -2.28. The lowest BCUT2D eigenvalue weighted by molar-refractivity contribution is -0.122. The number of nitrogens with zero attached hydrogens (tertiary/aromatic N) is 1. The lowest BCUT2D eigenvalue weighted by Crippen LogP contribution is -2.48. The molecule has 0 saturated heterocycles. The van der Waals surface area contributed by atoms with Crippen LogP contribution in [-0.2, 0) is 21.4 Å². The summed E-state index contributed by atoms with van der Waals surface area (Å²) in [7, 11) is -3.86. The second kappa shape index (κ2) is 7.98. The van der Waals surface area contributed by atoms with Crippen LogP contribution in [0.1, 0.15) is 12.5 Å². The number of nitrogens with one attached hydrogen (secondary N) is 1. The molecule has 0 spiro atoms. The highest BCUT2D eigenvalue weighted by Gasteiger charge is 2.30. The van der Waals surface area contributed by atoms with Crippen molar-refractivity contribution in [2.45, 2.75) is 19.5 Å². The van der Waals surface area contributed by atoms with E-state index in [4.69, 9.17) is 0 Å². The van der Waals surface area contributed by atoms with E-state index in [1.54, 1.807) is 0 Å². The number of hydrogen-bond acceptors (Lipinski definition) is 3. The van der Waals surface area contributed by atoms with Gasteiger partial charge in [-0.3, -0.25) is 9.10 Å². The fourth-order valence-electron chi connectivity index (χ4n) is 3.10. The summed E-state index contributed by atoms with van der Waals surface area (Å²) in [6.45, 7) is 1.67. The van der Waals surface area contributed by atoms with Crippen molar-refractivity contribution in [2.75, 3.05) is 10.6 Å². The molecule has 28 heavy (non-hydrogen) atoms. The summed E-state index contributed by atoms with van der Waals surface area (Å²) in [6.07, 6.45) is 0.951. The number of amides is 1. The first-order valence-electron chi connectivity index (χ1n) is 8.76. The molecule has 3 rings (SSSR count). The van der Waals surface area contributed by atoms with Gasteiger partial charge in [-0.2, -0.15) is 0 Å². The van der Waals surface area contributed by atoms with Crippen LogP contribution >= 0.6 is 0 Å². The number of halogens is 1. The first-order chi connectivity index (χ1) is 13.3. The first-order valence-corrected chi connectivity index (χ1v) is 10.6. The second-order valence-corrected chi connectivity index (χ2v) is 8.44. The lowest BCUT2D eigenvalue weighted by atomic mass is 10.1. The van der Waals surface area contributed by atoms with Gasteiger partial charge in [0.2, 0.25) is 15.9 Å². The van der Waals surface area contributed by atoms with Crippen LogP contribution < -0.4 is 9.62 Å². The molecule has 1 amide bonds. The van der Waals surface area contributed by atoms with Gasteiger partial charge in [-0.15, -0.1) is 0 Å². The maximum atomic E-state index is 14.2. The van der Waals surface area contributed by atoms with Crippen molar-refractivity contribution in [1.29, 1.82) is 0 Å². The van der Waals surface area contributed by atoms with Crippen LogP contribution in [0.15, 0.2) is 66.7 Å². The van der Waals surface area contributed by atoms with E-state index in [-0.39, 0.29) is 12.2 Å². The maximum Gasteiger partial charge on any atom is 0.243 e. The molecule has 1 unspecified atom stereocenters. The zero-order chi connectivity index (χ0) is 20.3. The van der Waals surface area contributed by atoms with Gasteiger partial charge in [-0.1, -0.05) is 48.5 Å². The molecule has 146 valence electrons. The standard InChI is InChI=1S/C21H21FN2O3S/c1-15(24(28(2,26)27)20-10-6-5-9-19(20)22)21(25)23-14-16-11-12-17-7-3-4-8-18(17)13-16/h3-13,15H,14H2,1-2H3,(H,23,25). The van der Waals surface area contributed by atoms with E-state index in [1.165, 1.54) is 25.1 Å². The van der Waals surface area contributed by atoms with Crippen LogP contribution in [-0.4, -0.2) is 26.6 Å². The van der Waals surface area contributed by atoms with E-state index in [1.807, 2.05) is 42.5 Å². The van der Waals surface area contributed by atoms with Crippen LogP contribution in [0.3, 0.4) is 0 Å². The van der Waals surface area contributed by atoms with Crippen molar-refractivity contribution in [3.63, 3.8) is 0 Å². The molecular formula is C21H21FN2O3S. The van der Waals surface area contributed by atoms with E-state index in [0.29, 0.717) is 0 Å². The second-order valence-electron chi connectivity index (χ2n) is 6.59. The van der Waals surface area contributed by atoms with Gasteiger partial charge in [-0.25, -0.2) is 12.8 Å². The minimum Gasteiger partial charge on any atom is -0.350 e. The maximum absolute atomic E-state index is 14.2. The number of anilines is 1. The monoisotopic (exact) mass is 400 g/mol. The van der Waals surface area contributed by atoms with Crippen molar-refractivity contribution in [3.05, 3.63) is 78.1 Å². The molecule has 0 aliphatic heterocycles. The van der Waals surface area contributed by atoms with Gasteiger partial charge < -0.3 is 5.32 Å². The Morgan fingerprint density at radius 1 is 1.04 bits per heavy atom. The Kier molecular flexibility index (Phi) is 5.65. The summed E-state index contributed by atoms with van der Waals surface area (Å²) in [5.74, 6) is -1.22. The molecule has 1 N–H and O–H groups in total. The van der Waals surface area contributed by atoms with Gasteiger partial charge in [-0.05, 0) is 41.5 Å². The van der Waals surface area contributed by atoms with Gasteiger partial charge in [0.1, 0.15) is 11.9 Å². The summed E-state index contributed by atoms with van der Waals surface area (Å²) in [4.78, 5) is 12.6. The molecule has 0 heterocycles. The molecule has 0 bridgehead atoms. The fourth-order valence-corrected chi connectivity index (χ4v) is 4.27. The summed E-state index contributed by atoms with van der Waals surface area (Å²) in [5.41, 5.74) is 0.731. The van der Waals surface area contributed by atoms with E-state index < -0.39 is 27.8 Å². The largest absolute Gasteiger partial charge is 0.350 e. The quantitative estimate of drug-likeness (QED) is 0.689. The minimum atomic E-state index is -3.86. The number of hydrogen-bond donors (Lipinski definition) is 1. The molecule has 0 aliphatic carbocycles. The SMILES string of the molecule is CC(C(=O)NCc1ccc2ccccc2c1)N(c1ccccc1F)S(C)(=O)=O. The van der Waals surface area contributed by atoms with Crippen molar-refractivity contribution in [2.24, 2.45) is 0 Å². The summed E-state index contributed by atoms with van der Waals surface area (Å²) < 4.78 is 39.4. The molecule has 3 aromatic carbocycles. The highest BCUT2D eigenvalue weighted by atomic mass is 32.2. The number of carbonyl (C=O) groups excluding carboxylic acids is 1. The molecule has 0 fully saturated rings. The van der Waals surface area contributed by atoms with Crippen LogP contribution in [0, 0.1) is 5.82 Å². The Labute approximate surface area is 163 Å². The van der Waals surface area contributed by atoms with Gasteiger partial charge >= 0.3 is 0 Å². The Hall–Kier alpha value is -2.93. The molecule has 0 radical (unpaired) electrons. The van der Waals surface area contributed by atoms with E-state index in [0.717, 1.165) is 33.0 Å².